The third-order valence-corrected chi connectivity index (χ3v) is 5.11. The number of anilines is 1. The third kappa shape index (κ3) is 5.49. The lowest BCUT2D eigenvalue weighted by molar-refractivity contribution is 0.0954. The predicted molar refractivity (Wildman–Crippen MR) is 123 cm³/mol. The molecule has 2 amide bonds. The Morgan fingerprint density at radius 1 is 0.929 bits per heavy atom. The van der Waals surface area contributed by atoms with Gasteiger partial charge in [0.05, 0.1) is 11.8 Å². The number of nitrogens with zero attached hydrogens (tertiary/aromatic N) is 1. The number of benzene rings is 3. The number of halogens is 2. The first-order valence-electron chi connectivity index (χ1n) is 8.28. The number of hydrazone groups is 1. The van der Waals surface area contributed by atoms with Gasteiger partial charge in [0.2, 0.25) is 0 Å². The molecule has 3 rings (SSSR count). The predicted octanol–water partition coefficient (Wildman–Crippen LogP) is 5.07. The topological polar surface area (TPSA) is 70.6 Å². The lowest BCUT2D eigenvalue weighted by atomic mass is 10.1. The van der Waals surface area contributed by atoms with E-state index in [1.54, 1.807) is 48.7 Å². The van der Waals surface area contributed by atoms with E-state index in [2.05, 4.69) is 54.4 Å². The Labute approximate surface area is 184 Å². The maximum Gasteiger partial charge on any atom is 0.271 e. The zero-order valence-electron chi connectivity index (χ0n) is 14.5. The van der Waals surface area contributed by atoms with Gasteiger partial charge in [0.25, 0.3) is 11.8 Å². The Kier molecular flexibility index (Phi) is 6.94. The highest BCUT2D eigenvalue weighted by Gasteiger charge is 2.10. The van der Waals surface area contributed by atoms with Crippen molar-refractivity contribution in [3.8, 4) is 0 Å². The molecule has 0 fully saturated rings. The number of amides is 2. The van der Waals surface area contributed by atoms with Crippen LogP contribution in [-0.2, 0) is 0 Å². The highest BCUT2D eigenvalue weighted by Crippen LogP contribution is 2.18. The summed E-state index contributed by atoms with van der Waals surface area (Å²) in [5, 5.41) is 6.78. The van der Waals surface area contributed by atoms with Gasteiger partial charge in [-0.15, -0.1) is 0 Å². The van der Waals surface area contributed by atoms with E-state index in [-0.39, 0.29) is 11.8 Å². The van der Waals surface area contributed by atoms with E-state index in [0.717, 1.165) is 13.6 Å². The first kappa shape index (κ1) is 20.2. The van der Waals surface area contributed by atoms with Crippen molar-refractivity contribution in [2.75, 3.05) is 5.32 Å². The summed E-state index contributed by atoms with van der Waals surface area (Å²) in [7, 11) is 0. The van der Waals surface area contributed by atoms with Gasteiger partial charge in [0.15, 0.2) is 0 Å². The third-order valence-electron chi connectivity index (χ3n) is 3.75. The van der Waals surface area contributed by atoms with E-state index >= 15 is 0 Å². The SMILES string of the molecule is O=C(N/N=C/c1cccc(I)c1)c1ccc(NC(=O)c2ccccc2Br)cc1. The lowest BCUT2D eigenvalue weighted by Crippen LogP contribution is -2.18. The van der Waals surface area contributed by atoms with Gasteiger partial charge in [-0.2, -0.15) is 5.10 Å². The van der Waals surface area contributed by atoms with Crippen molar-refractivity contribution in [3.63, 3.8) is 0 Å². The Morgan fingerprint density at radius 2 is 1.68 bits per heavy atom. The average molecular weight is 548 g/mol. The van der Waals surface area contributed by atoms with Crippen molar-refractivity contribution in [2.24, 2.45) is 5.10 Å². The molecule has 0 saturated heterocycles. The molecule has 3 aromatic carbocycles. The van der Waals surface area contributed by atoms with Crippen LogP contribution in [0.3, 0.4) is 0 Å². The maximum absolute atomic E-state index is 12.3. The van der Waals surface area contributed by atoms with Crippen LogP contribution in [0.15, 0.2) is 82.4 Å². The summed E-state index contributed by atoms with van der Waals surface area (Å²) < 4.78 is 1.81. The molecule has 0 unspecified atom stereocenters. The maximum atomic E-state index is 12.3. The molecule has 0 saturated carbocycles. The Balaban J connectivity index is 1.60. The molecule has 0 aromatic heterocycles. The van der Waals surface area contributed by atoms with E-state index in [1.165, 1.54) is 0 Å². The molecule has 3 aromatic rings. The van der Waals surface area contributed by atoms with Gasteiger partial charge in [0.1, 0.15) is 0 Å². The lowest BCUT2D eigenvalue weighted by Gasteiger charge is -2.07. The molecule has 0 spiro atoms. The van der Waals surface area contributed by atoms with Crippen molar-refractivity contribution in [2.45, 2.75) is 0 Å². The molecule has 7 heteroatoms. The molecular formula is C21H15BrIN3O2. The van der Waals surface area contributed by atoms with E-state index in [1.807, 2.05) is 30.3 Å². The zero-order chi connectivity index (χ0) is 19.9. The van der Waals surface area contributed by atoms with Crippen molar-refractivity contribution >= 4 is 62.2 Å². The largest absolute Gasteiger partial charge is 0.322 e. The van der Waals surface area contributed by atoms with Gasteiger partial charge in [0, 0.05) is 19.3 Å². The molecule has 0 aliphatic rings. The quantitative estimate of drug-likeness (QED) is 0.266. The number of carbonyl (C=O) groups excluding carboxylic acids is 2. The van der Waals surface area contributed by atoms with Crippen LogP contribution in [0.4, 0.5) is 5.69 Å². The zero-order valence-corrected chi connectivity index (χ0v) is 18.3. The normalized spacial score (nSPS) is 10.6. The van der Waals surface area contributed by atoms with Crippen LogP contribution in [0.1, 0.15) is 26.3 Å². The highest BCUT2D eigenvalue weighted by atomic mass is 127. The summed E-state index contributed by atoms with van der Waals surface area (Å²) in [5.41, 5.74) is 4.97. The highest BCUT2D eigenvalue weighted by molar-refractivity contribution is 14.1. The van der Waals surface area contributed by atoms with Crippen LogP contribution in [0.5, 0.6) is 0 Å². The first-order chi connectivity index (χ1) is 13.5. The van der Waals surface area contributed by atoms with Crippen molar-refractivity contribution in [1.29, 1.82) is 0 Å². The van der Waals surface area contributed by atoms with Gasteiger partial charge < -0.3 is 5.32 Å². The minimum absolute atomic E-state index is 0.230. The van der Waals surface area contributed by atoms with Crippen molar-refractivity contribution in [1.82, 2.24) is 5.43 Å². The summed E-state index contributed by atoms with van der Waals surface area (Å²) in [4.78, 5) is 24.5. The minimum atomic E-state index is -0.328. The fourth-order valence-corrected chi connectivity index (χ4v) is 3.40. The van der Waals surface area contributed by atoms with Crippen LogP contribution in [-0.4, -0.2) is 18.0 Å². The molecule has 0 bridgehead atoms. The summed E-state index contributed by atoms with van der Waals surface area (Å²) in [6.45, 7) is 0. The van der Waals surface area contributed by atoms with Gasteiger partial charge in [-0.05, 0) is 92.6 Å². The van der Waals surface area contributed by atoms with Crippen LogP contribution >= 0.6 is 38.5 Å². The van der Waals surface area contributed by atoms with E-state index in [4.69, 9.17) is 0 Å². The minimum Gasteiger partial charge on any atom is -0.322 e. The number of carbonyl (C=O) groups is 2. The molecule has 0 heterocycles. The Bertz CT molecular complexity index is 1040. The van der Waals surface area contributed by atoms with Crippen LogP contribution in [0, 0.1) is 3.57 Å². The second-order valence-electron chi connectivity index (χ2n) is 5.77. The van der Waals surface area contributed by atoms with E-state index in [9.17, 15) is 9.59 Å². The summed E-state index contributed by atoms with van der Waals surface area (Å²) in [6, 6.07) is 21.5. The first-order valence-corrected chi connectivity index (χ1v) is 10.1. The van der Waals surface area contributed by atoms with Crippen LogP contribution < -0.4 is 10.7 Å². The van der Waals surface area contributed by atoms with Crippen molar-refractivity contribution < 1.29 is 9.59 Å². The van der Waals surface area contributed by atoms with Gasteiger partial charge >= 0.3 is 0 Å². The van der Waals surface area contributed by atoms with E-state index < -0.39 is 0 Å². The summed E-state index contributed by atoms with van der Waals surface area (Å²) in [6.07, 6.45) is 1.59. The van der Waals surface area contributed by atoms with Gasteiger partial charge in [-0.3, -0.25) is 9.59 Å². The number of rotatable bonds is 5. The number of hydrogen-bond donors (Lipinski definition) is 2. The molecule has 140 valence electrons. The number of nitrogens with one attached hydrogen (secondary N) is 2. The monoisotopic (exact) mass is 547 g/mol. The molecule has 0 aliphatic carbocycles. The molecule has 0 aliphatic heterocycles. The Morgan fingerprint density at radius 3 is 2.39 bits per heavy atom. The molecule has 2 N–H and O–H groups in total. The summed E-state index contributed by atoms with van der Waals surface area (Å²) in [5.74, 6) is -0.558. The Hall–Kier alpha value is -2.52. The fraction of sp³-hybridized carbons (Fsp3) is 0. The summed E-state index contributed by atoms with van der Waals surface area (Å²) >= 11 is 5.57. The fourth-order valence-electron chi connectivity index (χ4n) is 2.37. The molecular weight excluding hydrogens is 533 g/mol. The standard InChI is InChI=1S/C21H15BrIN3O2/c22-19-7-2-1-6-18(19)21(28)25-17-10-8-15(9-11-17)20(27)26-24-13-14-4-3-5-16(23)12-14/h1-13H,(H,25,28)(H,26,27)/b24-13+. The second-order valence-corrected chi connectivity index (χ2v) is 7.87. The molecule has 0 radical (unpaired) electrons. The van der Waals surface area contributed by atoms with Crippen LogP contribution in [0.25, 0.3) is 0 Å². The van der Waals surface area contributed by atoms with E-state index in [0.29, 0.717) is 16.8 Å². The van der Waals surface area contributed by atoms with Crippen LogP contribution in [0.2, 0.25) is 0 Å². The van der Waals surface area contributed by atoms with Gasteiger partial charge in [-0.1, -0.05) is 24.3 Å². The molecule has 0 atom stereocenters. The van der Waals surface area contributed by atoms with Gasteiger partial charge in [-0.25, -0.2) is 5.43 Å². The smallest absolute Gasteiger partial charge is 0.271 e. The molecule has 28 heavy (non-hydrogen) atoms. The second kappa shape index (κ2) is 9.61. The van der Waals surface area contributed by atoms with Crippen molar-refractivity contribution in [3.05, 3.63) is 97.5 Å². The average Bonchev–Trinajstić information content (AvgIpc) is 2.69. The molecule has 5 nitrogen and oxygen atoms in total. The number of hydrogen-bond acceptors (Lipinski definition) is 3.